The third-order valence-electron chi connectivity index (χ3n) is 2.18. The molecule has 0 aliphatic rings. The lowest BCUT2D eigenvalue weighted by Gasteiger charge is -2.06. The van der Waals surface area contributed by atoms with E-state index in [1.165, 1.54) is 16.7 Å². The molecule has 66 valence electrons. The van der Waals surface area contributed by atoms with Gasteiger partial charge in [0.2, 0.25) is 0 Å². The minimum absolute atomic E-state index is 0.966. The van der Waals surface area contributed by atoms with E-state index >= 15 is 0 Å². The average molecular weight is 163 g/mol. The van der Waals surface area contributed by atoms with Crippen LogP contribution in [0.3, 0.4) is 0 Å². The zero-order valence-electron chi connectivity index (χ0n) is 8.15. The molecule has 1 aromatic rings. The highest BCUT2D eigenvalue weighted by molar-refractivity contribution is 5.30. The van der Waals surface area contributed by atoms with E-state index < -0.39 is 0 Å². The van der Waals surface area contributed by atoms with Crippen LogP contribution in [-0.4, -0.2) is 7.05 Å². The van der Waals surface area contributed by atoms with Gasteiger partial charge in [0.1, 0.15) is 0 Å². The van der Waals surface area contributed by atoms with Gasteiger partial charge in [0.15, 0.2) is 0 Å². The molecule has 0 fully saturated rings. The molecule has 0 aliphatic heterocycles. The summed E-state index contributed by atoms with van der Waals surface area (Å²) in [7, 11) is 1.98. The zero-order valence-corrected chi connectivity index (χ0v) is 8.15. The van der Waals surface area contributed by atoms with E-state index in [4.69, 9.17) is 0 Å². The van der Waals surface area contributed by atoms with Gasteiger partial charge in [-0.15, -0.1) is 0 Å². The molecule has 1 nitrogen and oxygen atoms in total. The van der Waals surface area contributed by atoms with Crippen LogP contribution in [0.5, 0.6) is 0 Å². The third-order valence-corrected chi connectivity index (χ3v) is 2.18. The summed E-state index contributed by atoms with van der Waals surface area (Å²) in [6.07, 6.45) is 1.13. The Bertz CT molecular complexity index is 253. The highest BCUT2D eigenvalue weighted by Crippen LogP contribution is 2.11. The SMILES string of the molecule is CCc1cc(CNC)ccc1C. The first kappa shape index (κ1) is 9.27. The maximum atomic E-state index is 3.15. The van der Waals surface area contributed by atoms with E-state index in [0.717, 1.165) is 13.0 Å². The van der Waals surface area contributed by atoms with Crippen molar-refractivity contribution in [2.24, 2.45) is 0 Å². The summed E-state index contributed by atoms with van der Waals surface area (Å²) in [6, 6.07) is 6.67. The van der Waals surface area contributed by atoms with Crippen LogP contribution in [0.4, 0.5) is 0 Å². The van der Waals surface area contributed by atoms with Gasteiger partial charge in [0, 0.05) is 6.54 Å². The van der Waals surface area contributed by atoms with Crippen LogP contribution in [0.2, 0.25) is 0 Å². The molecule has 1 aromatic carbocycles. The molecule has 0 saturated carbocycles. The van der Waals surface area contributed by atoms with Gasteiger partial charge in [-0.05, 0) is 37.1 Å². The smallest absolute Gasteiger partial charge is 0.0202 e. The molecule has 0 saturated heterocycles. The van der Waals surface area contributed by atoms with E-state index in [0.29, 0.717) is 0 Å². The number of hydrogen-bond donors (Lipinski definition) is 1. The fourth-order valence-corrected chi connectivity index (χ4v) is 1.42. The van der Waals surface area contributed by atoms with Gasteiger partial charge in [-0.3, -0.25) is 0 Å². The molecule has 0 spiro atoms. The van der Waals surface area contributed by atoms with Crippen LogP contribution in [0.15, 0.2) is 18.2 Å². The molecule has 0 bridgehead atoms. The van der Waals surface area contributed by atoms with Crippen LogP contribution in [0.25, 0.3) is 0 Å². The first-order chi connectivity index (χ1) is 5.77. The summed E-state index contributed by atoms with van der Waals surface area (Å²) in [6.45, 7) is 5.33. The highest BCUT2D eigenvalue weighted by Gasteiger charge is 1.96. The molecule has 0 unspecified atom stereocenters. The van der Waals surface area contributed by atoms with E-state index in [-0.39, 0.29) is 0 Å². The average Bonchev–Trinajstić information content (AvgIpc) is 2.09. The first-order valence-corrected chi connectivity index (χ1v) is 4.51. The van der Waals surface area contributed by atoms with Gasteiger partial charge >= 0.3 is 0 Å². The number of rotatable bonds is 3. The van der Waals surface area contributed by atoms with Gasteiger partial charge < -0.3 is 5.32 Å². The Hall–Kier alpha value is -0.820. The van der Waals surface area contributed by atoms with E-state index in [1.807, 2.05) is 7.05 Å². The van der Waals surface area contributed by atoms with Crippen molar-refractivity contribution in [2.45, 2.75) is 26.8 Å². The number of aryl methyl sites for hydroxylation is 2. The molecular weight excluding hydrogens is 146 g/mol. The minimum atomic E-state index is 0.966. The minimum Gasteiger partial charge on any atom is -0.316 e. The Morgan fingerprint density at radius 2 is 2.08 bits per heavy atom. The van der Waals surface area contributed by atoms with Crippen molar-refractivity contribution in [3.05, 3.63) is 34.9 Å². The fourth-order valence-electron chi connectivity index (χ4n) is 1.42. The fraction of sp³-hybridized carbons (Fsp3) is 0.455. The summed E-state index contributed by atoms with van der Waals surface area (Å²) in [5, 5.41) is 3.15. The largest absolute Gasteiger partial charge is 0.316 e. The second-order valence-corrected chi connectivity index (χ2v) is 3.14. The molecule has 0 heterocycles. The van der Waals surface area contributed by atoms with Gasteiger partial charge in [0.05, 0.1) is 0 Å². The Labute approximate surface area is 74.8 Å². The summed E-state index contributed by atoms with van der Waals surface area (Å²) < 4.78 is 0. The van der Waals surface area contributed by atoms with Gasteiger partial charge in [0.25, 0.3) is 0 Å². The molecule has 0 aromatic heterocycles. The van der Waals surface area contributed by atoms with E-state index in [2.05, 4.69) is 37.4 Å². The lowest BCUT2D eigenvalue weighted by atomic mass is 10.0. The number of nitrogens with one attached hydrogen (secondary N) is 1. The quantitative estimate of drug-likeness (QED) is 0.721. The Morgan fingerprint density at radius 1 is 1.33 bits per heavy atom. The highest BCUT2D eigenvalue weighted by atomic mass is 14.8. The summed E-state index contributed by atoms with van der Waals surface area (Å²) in [4.78, 5) is 0. The Balaban J connectivity index is 2.89. The van der Waals surface area contributed by atoms with Crippen LogP contribution in [0.1, 0.15) is 23.6 Å². The van der Waals surface area contributed by atoms with Crippen LogP contribution >= 0.6 is 0 Å². The second kappa shape index (κ2) is 4.27. The molecule has 0 aliphatic carbocycles. The van der Waals surface area contributed by atoms with Crippen molar-refractivity contribution < 1.29 is 0 Å². The second-order valence-electron chi connectivity index (χ2n) is 3.14. The van der Waals surface area contributed by atoms with E-state index in [1.54, 1.807) is 0 Å². The molecular formula is C11H17N. The molecule has 12 heavy (non-hydrogen) atoms. The van der Waals surface area contributed by atoms with Crippen LogP contribution in [-0.2, 0) is 13.0 Å². The maximum absolute atomic E-state index is 3.15. The lowest BCUT2D eigenvalue weighted by molar-refractivity contribution is 0.815. The Morgan fingerprint density at radius 3 is 2.67 bits per heavy atom. The number of benzene rings is 1. The summed E-state index contributed by atoms with van der Waals surface area (Å²) in [5.74, 6) is 0. The summed E-state index contributed by atoms with van der Waals surface area (Å²) >= 11 is 0. The van der Waals surface area contributed by atoms with Crippen LogP contribution in [0, 0.1) is 6.92 Å². The molecule has 0 atom stereocenters. The Kier molecular flexibility index (Phi) is 3.30. The number of hydrogen-bond acceptors (Lipinski definition) is 1. The van der Waals surface area contributed by atoms with Gasteiger partial charge in [-0.2, -0.15) is 0 Å². The van der Waals surface area contributed by atoms with Crippen molar-refractivity contribution in [1.82, 2.24) is 5.32 Å². The van der Waals surface area contributed by atoms with Crippen LogP contribution < -0.4 is 5.32 Å². The lowest BCUT2D eigenvalue weighted by Crippen LogP contribution is -2.05. The normalized spacial score (nSPS) is 10.2. The van der Waals surface area contributed by atoms with Gasteiger partial charge in [-0.25, -0.2) is 0 Å². The topological polar surface area (TPSA) is 12.0 Å². The van der Waals surface area contributed by atoms with Gasteiger partial charge in [-0.1, -0.05) is 25.1 Å². The molecule has 1 N–H and O–H groups in total. The molecule has 1 heteroatoms. The molecule has 0 amide bonds. The van der Waals surface area contributed by atoms with Crippen molar-refractivity contribution in [3.8, 4) is 0 Å². The standard InChI is InChI=1S/C11H17N/c1-4-11-7-10(8-12-3)6-5-9(11)2/h5-7,12H,4,8H2,1-3H3. The monoisotopic (exact) mass is 163 g/mol. The van der Waals surface area contributed by atoms with E-state index in [9.17, 15) is 0 Å². The first-order valence-electron chi connectivity index (χ1n) is 4.51. The molecule has 0 radical (unpaired) electrons. The van der Waals surface area contributed by atoms with Crippen molar-refractivity contribution in [2.75, 3.05) is 7.05 Å². The predicted molar refractivity (Wildman–Crippen MR) is 53.3 cm³/mol. The summed E-state index contributed by atoms with van der Waals surface area (Å²) in [5.41, 5.74) is 4.24. The van der Waals surface area contributed by atoms with Crippen molar-refractivity contribution in [3.63, 3.8) is 0 Å². The van der Waals surface area contributed by atoms with Crippen molar-refractivity contribution in [1.29, 1.82) is 0 Å². The molecule has 1 rings (SSSR count). The van der Waals surface area contributed by atoms with Crippen molar-refractivity contribution >= 4 is 0 Å². The predicted octanol–water partition coefficient (Wildman–Crippen LogP) is 2.28. The third kappa shape index (κ3) is 2.08. The zero-order chi connectivity index (χ0) is 8.97. The maximum Gasteiger partial charge on any atom is 0.0202 e.